The summed E-state index contributed by atoms with van der Waals surface area (Å²) in [4.78, 5) is 25.5. The number of hydrogen-bond acceptors (Lipinski definition) is 5. The minimum atomic E-state index is -0.504. The van der Waals surface area contributed by atoms with Crippen LogP contribution in [0.25, 0.3) is 6.08 Å². The lowest BCUT2D eigenvalue weighted by Crippen LogP contribution is -2.36. The van der Waals surface area contributed by atoms with Crippen molar-refractivity contribution in [1.82, 2.24) is 10.6 Å². The van der Waals surface area contributed by atoms with Crippen LogP contribution in [-0.2, 0) is 11.2 Å². The quantitative estimate of drug-likeness (QED) is 0.340. The monoisotopic (exact) mass is 488 g/mol. The summed E-state index contributed by atoms with van der Waals surface area (Å²) in [5, 5.41) is 14.3. The summed E-state index contributed by atoms with van der Waals surface area (Å²) in [6, 6.07) is 21.7. The van der Waals surface area contributed by atoms with E-state index in [1.807, 2.05) is 38.1 Å². The first kappa shape index (κ1) is 26.5. The zero-order valence-corrected chi connectivity index (χ0v) is 20.8. The molecule has 0 saturated heterocycles. The Bertz CT molecular complexity index is 1170. The van der Waals surface area contributed by atoms with Crippen molar-refractivity contribution in [3.05, 3.63) is 95.2 Å². The van der Waals surface area contributed by atoms with Gasteiger partial charge in [0.2, 0.25) is 0 Å². The van der Waals surface area contributed by atoms with Gasteiger partial charge in [0.1, 0.15) is 22.9 Å². The van der Waals surface area contributed by atoms with E-state index < -0.39 is 11.8 Å². The molecule has 3 N–H and O–H groups in total. The van der Waals surface area contributed by atoms with Crippen molar-refractivity contribution in [3.8, 4) is 17.2 Å². The van der Waals surface area contributed by atoms with Gasteiger partial charge in [0, 0.05) is 12.1 Å². The van der Waals surface area contributed by atoms with E-state index in [0.29, 0.717) is 28.4 Å². The normalized spacial score (nSPS) is 11.2. The predicted octanol–water partition coefficient (Wildman–Crippen LogP) is 4.71. The fraction of sp³-hybridized carbons (Fsp3) is 0.241. The Hall–Kier alpha value is -4.10. The summed E-state index contributed by atoms with van der Waals surface area (Å²) in [5.74, 6) is 1.06. The molecule has 3 rings (SSSR count). The van der Waals surface area contributed by atoms with Gasteiger partial charge in [-0.25, -0.2) is 0 Å². The Balaban J connectivity index is 1.72. The topological polar surface area (TPSA) is 96.9 Å². The van der Waals surface area contributed by atoms with Gasteiger partial charge >= 0.3 is 0 Å². The Morgan fingerprint density at radius 3 is 2.03 bits per heavy atom. The Labute approximate surface area is 211 Å². The van der Waals surface area contributed by atoms with Crippen molar-refractivity contribution in [2.45, 2.75) is 33.3 Å². The lowest BCUT2D eigenvalue weighted by molar-refractivity contribution is -0.117. The van der Waals surface area contributed by atoms with Gasteiger partial charge in [-0.1, -0.05) is 31.2 Å². The molecule has 0 bridgehead atoms. The molecular formula is C29H32N2O5. The maximum Gasteiger partial charge on any atom is 0.267 e. The minimum absolute atomic E-state index is 0.0453. The molecule has 3 aromatic rings. The van der Waals surface area contributed by atoms with Crippen molar-refractivity contribution in [3.63, 3.8) is 0 Å². The fourth-order valence-electron chi connectivity index (χ4n) is 3.30. The highest BCUT2D eigenvalue weighted by Gasteiger charge is 2.15. The van der Waals surface area contributed by atoms with E-state index >= 15 is 0 Å². The SMILES string of the molecule is CCc1ccc(Oc2ccc(C(=O)NC(=Cc3ccc(OC(C)C)cc3)C(=O)NCCO)cc2)cc1. The molecule has 0 aliphatic rings. The van der Waals surface area contributed by atoms with E-state index in [4.69, 9.17) is 14.6 Å². The maximum atomic E-state index is 12.9. The number of rotatable bonds is 11. The highest BCUT2D eigenvalue weighted by atomic mass is 16.5. The smallest absolute Gasteiger partial charge is 0.267 e. The fourth-order valence-corrected chi connectivity index (χ4v) is 3.30. The number of aliphatic hydroxyl groups excluding tert-OH is 1. The van der Waals surface area contributed by atoms with Crippen LogP contribution in [0.5, 0.6) is 17.2 Å². The van der Waals surface area contributed by atoms with Crippen LogP contribution < -0.4 is 20.1 Å². The third-order valence-corrected chi connectivity index (χ3v) is 5.14. The number of ether oxygens (including phenoxy) is 2. The number of aryl methyl sites for hydroxylation is 1. The predicted molar refractivity (Wildman–Crippen MR) is 140 cm³/mol. The summed E-state index contributed by atoms with van der Waals surface area (Å²) in [6.07, 6.45) is 2.57. The molecule has 0 atom stereocenters. The van der Waals surface area contributed by atoms with Crippen molar-refractivity contribution < 1.29 is 24.2 Å². The highest BCUT2D eigenvalue weighted by molar-refractivity contribution is 6.05. The van der Waals surface area contributed by atoms with Gasteiger partial charge in [-0.15, -0.1) is 0 Å². The summed E-state index contributed by atoms with van der Waals surface area (Å²) in [5.41, 5.74) is 2.35. The number of aliphatic hydroxyl groups is 1. The minimum Gasteiger partial charge on any atom is -0.491 e. The third kappa shape index (κ3) is 7.99. The van der Waals surface area contributed by atoms with Gasteiger partial charge in [0.15, 0.2) is 0 Å². The Morgan fingerprint density at radius 1 is 0.889 bits per heavy atom. The molecule has 0 radical (unpaired) electrons. The molecule has 188 valence electrons. The number of benzene rings is 3. The number of nitrogens with one attached hydrogen (secondary N) is 2. The van der Waals surface area contributed by atoms with E-state index in [2.05, 4.69) is 17.6 Å². The van der Waals surface area contributed by atoms with E-state index in [1.165, 1.54) is 5.56 Å². The lowest BCUT2D eigenvalue weighted by atomic mass is 10.1. The largest absolute Gasteiger partial charge is 0.491 e. The molecule has 0 unspecified atom stereocenters. The van der Waals surface area contributed by atoms with E-state index in [0.717, 1.165) is 6.42 Å². The molecule has 0 fully saturated rings. The van der Waals surface area contributed by atoms with Gasteiger partial charge < -0.3 is 25.2 Å². The molecule has 2 amide bonds. The summed E-state index contributed by atoms with van der Waals surface area (Å²) in [7, 11) is 0. The molecule has 0 aliphatic carbocycles. The molecule has 3 aromatic carbocycles. The molecule has 0 aromatic heterocycles. The van der Waals surface area contributed by atoms with Crippen molar-refractivity contribution in [2.24, 2.45) is 0 Å². The van der Waals surface area contributed by atoms with Crippen LogP contribution >= 0.6 is 0 Å². The van der Waals surface area contributed by atoms with E-state index in [-0.39, 0.29) is 25.0 Å². The van der Waals surface area contributed by atoms with E-state index in [9.17, 15) is 9.59 Å². The average Bonchev–Trinajstić information content (AvgIpc) is 2.88. The third-order valence-electron chi connectivity index (χ3n) is 5.14. The second kappa shape index (κ2) is 13.1. The molecule has 7 nitrogen and oxygen atoms in total. The van der Waals surface area contributed by atoms with Crippen molar-refractivity contribution in [1.29, 1.82) is 0 Å². The zero-order chi connectivity index (χ0) is 25.9. The molecule has 0 heterocycles. The zero-order valence-electron chi connectivity index (χ0n) is 20.8. The second-order valence-corrected chi connectivity index (χ2v) is 8.35. The van der Waals surface area contributed by atoms with Crippen LogP contribution in [-0.4, -0.2) is 36.2 Å². The van der Waals surface area contributed by atoms with Gasteiger partial charge in [-0.3, -0.25) is 9.59 Å². The van der Waals surface area contributed by atoms with Gasteiger partial charge in [-0.05, 0) is 86.0 Å². The summed E-state index contributed by atoms with van der Waals surface area (Å²) < 4.78 is 11.5. The van der Waals surface area contributed by atoms with E-state index in [1.54, 1.807) is 54.6 Å². The van der Waals surface area contributed by atoms with Gasteiger partial charge in [0.25, 0.3) is 11.8 Å². The molecule has 0 spiro atoms. The molecular weight excluding hydrogens is 456 g/mol. The van der Waals surface area contributed by atoms with Gasteiger partial charge in [-0.2, -0.15) is 0 Å². The molecule has 0 saturated carbocycles. The van der Waals surface area contributed by atoms with Crippen LogP contribution in [0.1, 0.15) is 42.3 Å². The standard InChI is InChI=1S/C29H32N2O5/c1-4-21-5-11-25(12-6-21)36-26-15-9-23(10-16-26)28(33)31-27(29(34)30-17-18-32)19-22-7-13-24(14-8-22)35-20(2)3/h5-16,19-20,32H,4,17-18H2,1-3H3,(H,30,34)(H,31,33). The van der Waals surface area contributed by atoms with Crippen molar-refractivity contribution in [2.75, 3.05) is 13.2 Å². The first-order chi connectivity index (χ1) is 17.4. The maximum absolute atomic E-state index is 12.9. The Kier molecular flexibility index (Phi) is 9.65. The average molecular weight is 489 g/mol. The van der Waals surface area contributed by atoms with Crippen LogP contribution in [0.4, 0.5) is 0 Å². The molecule has 0 aliphatic heterocycles. The number of hydrogen-bond donors (Lipinski definition) is 3. The first-order valence-electron chi connectivity index (χ1n) is 11.9. The number of carbonyl (C=O) groups is 2. The summed E-state index contributed by atoms with van der Waals surface area (Å²) in [6.45, 7) is 5.83. The highest BCUT2D eigenvalue weighted by Crippen LogP contribution is 2.22. The van der Waals surface area contributed by atoms with Crippen LogP contribution in [0.3, 0.4) is 0 Å². The molecule has 7 heteroatoms. The number of amides is 2. The van der Waals surface area contributed by atoms with Crippen LogP contribution in [0.15, 0.2) is 78.5 Å². The number of carbonyl (C=O) groups excluding carboxylic acids is 2. The van der Waals surface area contributed by atoms with Crippen molar-refractivity contribution >= 4 is 17.9 Å². The van der Waals surface area contributed by atoms with Gasteiger partial charge in [0.05, 0.1) is 12.7 Å². The first-order valence-corrected chi connectivity index (χ1v) is 11.9. The Morgan fingerprint density at radius 2 is 1.47 bits per heavy atom. The van der Waals surface area contributed by atoms with Crippen LogP contribution in [0.2, 0.25) is 0 Å². The van der Waals surface area contributed by atoms with Crippen LogP contribution in [0, 0.1) is 0 Å². The molecule has 36 heavy (non-hydrogen) atoms. The lowest BCUT2D eigenvalue weighted by Gasteiger charge is -2.12. The summed E-state index contributed by atoms with van der Waals surface area (Å²) >= 11 is 0. The second-order valence-electron chi connectivity index (χ2n) is 8.35.